The molecule has 0 aliphatic carbocycles. The zero-order valence-electron chi connectivity index (χ0n) is 14.4. The highest BCUT2D eigenvalue weighted by Gasteiger charge is 2.21. The van der Waals surface area contributed by atoms with Crippen LogP contribution >= 0.6 is 11.8 Å². The first-order chi connectivity index (χ1) is 12.3. The average Bonchev–Trinajstić information content (AvgIpc) is 3.17. The number of hydrogen-bond donors (Lipinski definition) is 0. The maximum atomic E-state index is 13.0. The van der Waals surface area contributed by atoms with Crippen LogP contribution in [-0.2, 0) is 16.0 Å². The Hall–Kier alpha value is -1.37. The molecule has 0 N–H and O–H groups in total. The maximum absolute atomic E-state index is 13.0. The Morgan fingerprint density at radius 2 is 1.88 bits per heavy atom. The molecule has 2 unspecified atom stereocenters. The predicted molar refractivity (Wildman–Crippen MR) is 99.3 cm³/mol. The monoisotopic (exact) mass is 360 g/mol. The Balaban J connectivity index is 1.63. The van der Waals surface area contributed by atoms with Crippen LogP contribution in [0.5, 0.6) is 0 Å². The summed E-state index contributed by atoms with van der Waals surface area (Å²) in [6.45, 7) is 2.22. The minimum atomic E-state index is 0.0353. The molecular formula is C19H24N2O3S. The smallest absolute Gasteiger partial charge is 0.262 e. The van der Waals surface area contributed by atoms with E-state index in [2.05, 4.69) is 0 Å². The van der Waals surface area contributed by atoms with Gasteiger partial charge in [0, 0.05) is 19.0 Å². The molecule has 4 rings (SSSR count). The van der Waals surface area contributed by atoms with Crippen LogP contribution in [0.25, 0.3) is 10.9 Å². The summed E-state index contributed by atoms with van der Waals surface area (Å²) < 4.78 is 13.4. The molecule has 2 saturated heterocycles. The maximum Gasteiger partial charge on any atom is 0.262 e. The van der Waals surface area contributed by atoms with Crippen molar-refractivity contribution in [3.05, 3.63) is 34.6 Å². The molecule has 6 heteroatoms. The summed E-state index contributed by atoms with van der Waals surface area (Å²) in [6.07, 6.45) is 5.92. The fraction of sp³-hybridized carbons (Fsp3) is 0.579. The molecule has 0 spiro atoms. The normalized spacial score (nSPS) is 24.0. The Morgan fingerprint density at radius 3 is 2.68 bits per heavy atom. The Bertz CT molecular complexity index is 780. The first kappa shape index (κ1) is 17.1. The van der Waals surface area contributed by atoms with E-state index < -0.39 is 0 Å². The first-order valence-electron chi connectivity index (χ1n) is 9.17. The van der Waals surface area contributed by atoms with Crippen molar-refractivity contribution in [2.24, 2.45) is 0 Å². The van der Waals surface area contributed by atoms with Gasteiger partial charge in [-0.25, -0.2) is 4.98 Å². The second-order valence-electron chi connectivity index (χ2n) is 6.76. The van der Waals surface area contributed by atoms with E-state index in [1.807, 2.05) is 28.8 Å². The van der Waals surface area contributed by atoms with Gasteiger partial charge in [0.15, 0.2) is 5.16 Å². The van der Waals surface area contributed by atoms with Gasteiger partial charge in [-0.3, -0.25) is 9.36 Å². The van der Waals surface area contributed by atoms with Crippen molar-refractivity contribution in [1.82, 2.24) is 9.55 Å². The zero-order valence-corrected chi connectivity index (χ0v) is 15.2. The van der Waals surface area contributed by atoms with Crippen molar-refractivity contribution in [2.45, 2.75) is 56.0 Å². The molecule has 0 bridgehead atoms. The Kier molecular flexibility index (Phi) is 5.39. The molecule has 2 aromatic rings. The number of fused-ring (bicyclic) bond motifs is 1. The van der Waals surface area contributed by atoms with Crippen LogP contribution in [0.1, 0.15) is 32.1 Å². The van der Waals surface area contributed by atoms with Crippen LogP contribution < -0.4 is 5.56 Å². The SMILES string of the molecule is O=c1c2ccccc2nc(SCC2CCCCO2)n1CC1CCCO1. The second-order valence-corrected chi connectivity index (χ2v) is 7.75. The summed E-state index contributed by atoms with van der Waals surface area (Å²) in [5, 5.41) is 1.46. The van der Waals surface area contributed by atoms with Gasteiger partial charge in [0.2, 0.25) is 0 Å². The highest BCUT2D eigenvalue weighted by molar-refractivity contribution is 7.99. The van der Waals surface area contributed by atoms with E-state index in [-0.39, 0.29) is 17.8 Å². The Morgan fingerprint density at radius 1 is 1.08 bits per heavy atom. The van der Waals surface area contributed by atoms with Crippen LogP contribution in [0, 0.1) is 0 Å². The summed E-state index contributed by atoms with van der Waals surface area (Å²) in [6, 6.07) is 7.59. The molecule has 0 amide bonds. The van der Waals surface area contributed by atoms with Crippen molar-refractivity contribution in [3.63, 3.8) is 0 Å². The number of thioether (sulfide) groups is 1. The molecule has 2 aliphatic heterocycles. The minimum Gasteiger partial charge on any atom is -0.377 e. The third-order valence-corrected chi connectivity index (χ3v) is 6.02. The summed E-state index contributed by atoms with van der Waals surface area (Å²) in [4.78, 5) is 17.8. The molecule has 134 valence electrons. The standard InChI is InChI=1S/C19H24N2O3S/c22-18-16-8-1-2-9-17(16)20-19(21(18)12-14-7-5-11-23-14)25-13-15-6-3-4-10-24-15/h1-2,8-9,14-15H,3-7,10-13H2. The van der Waals surface area contributed by atoms with Crippen LogP contribution in [0.4, 0.5) is 0 Å². The first-order valence-corrected chi connectivity index (χ1v) is 10.2. The van der Waals surface area contributed by atoms with E-state index in [4.69, 9.17) is 14.5 Å². The lowest BCUT2D eigenvalue weighted by molar-refractivity contribution is 0.0315. The van der Waals surface area contributed by atoms with E-state index in [9.17, 15) is 4.79 Å². The van der Waals surface area contributed by atoms with Crippen LogP contribution in [-0.4, -0.2) is 40.7 Å². The molecule has 2 aliphatic rings. The number of nitrogens with zero attached hydrogens (tertiary/aromatic N) is 2. The van der Waals surface area contributed by atoms with Crippen LogP contribution in [0.2, 0.25) is 0 Å². The van der Waals surface area contributed by atoms with Crippen molar-refractivity contribution >= 4 is 22.7 Å². The lowest BCUT2D eigenvalue weighted by Crippen LogP contribution is -2.29. The summed E-state index contributed by atoms with van der Waals surface area (Å²) in [7, 11) is 0. The van der Waals surface area contributed by atoms with Gasteiger partial charge >= 0.3 is 0 Å². The molecule has 0 saturated carbocycles. The van der Waals surface area contributed by atoms with Crippen molar-refractivity contribution in [2.75, 3.05) is 19.0 Å². The largest absolute Gasteiger partial charge is 0.377 e. The van der Waals surface area contributed by atoms with Gasteiger partial charge in [0.25, 0.3) is 5.56 Å². The van der Waals surface area contributed by atoms with Gasteiger partial charge in [-0.15, -0.1) is 0 Å². The topological polar surface area (TPSA) is 53.3 Å². The zero-order chi connectivity index (χ0) is 17.1. The molecule has 2 fully saturated rings. The van der Waals surface area contributed by atoms with Gasteiger partial charge in [-0.05, 0) is 44.2 Å². The number of ether oxygens (including phenoxy) is 2. The number of aromatic nitrogens is 2. The molecule has 1 aromatic carbocycles. The van der Waals surface area contributed by atoms with Crippen molar-refractivity contribution in [1.29, 1.82) is 0 Å². The molecule has 5 nitrogen and oxygen atoms in total. The quantitative estimate of drug-likeness (QED) is 0.605. The van der Waals surface area contributed by atoms with E-state index >= 15 is 0 Å². The lowest BCUT2D eigenvalue weighted by Gasteiger charge is -2.23. The summed E-state index contributed by atoms with van der Waals surface area (Å²) in [5.74, 6) is 0.844. The molecule has 3 heterocycles. The van der Waals surface area contributed by atoms with E-state index in [1.54, 1.807) is 11.8 Å². The molecule has 25 heavy (non-hydrogen) atoms. The molecule has 2 atom stereocenters. The second kappa shape index (κ2) is 7.89. The van der Waals surface area contributed by atoms with Gasteiger partial charge in [-0.1, -0.05) is 23.9 Å². The fourth-order valence-electron chi connectivity index (χ4n) is 3.52. The number of para-hydroxylation sites is 1. The summed E-state index contributed by atoms with van der Waals surface area (Å²) >= 11 is 1.64. The molecule has 0 radical (unpaired) electrons. The van der Waals surface area contributed by atoms with Gasteiger partial charge < -0.3 is 9.47 Å². The fourth-order valence-corrected chi connectivity index (χ4v) is 4.59. The number of rotatable bonds is 5. The lowest BCUT2D eigenvalue weighted by atomic mass is 10.1. The van der Waals surface area contributed by atoms with Crippen molar-refractivity contribution in [3.8, 4) is 0 Å². The van der Waals surface area contributed by atoms with Crippen molar-refractivity contribution < 1.29 is 9.47 Å². The number of hydrogen-bond acceptors (Lipinski definition) is 5. The Labute approximate surface area is 151 Å². The highest BCUT2D eigenvalue weighted by Crippen LogP contribution is 2.24. The van der Waals surface area contributed by atoms with E-state index in [0.29, 0.717) is 11.9 Å². The van der Waals surface area contributed by atoms with E-state index in [0.717, 1.165) is 55.3 Å². The van der Waals surface area contributed by atoms with Gasteiger partial charge in [-0.2, -0.15) is 0 Å². The third-order valence-electron chi connectivity index (χ3n) is 4.91. The van der Waals surface area contributed by atoms with Crippen LogP contribution in [0.3, 0.4) is 0 Å². The predicted octanol–water partition coefficient (Wildman–Crippen LogP) is 3.24. The average molecular weight is 360 g/mol. The number of benzene rings is 1. The third kappa shape index (κ3) is 3.91. The summed E-state index contributed by atoms with van der Waals surface area (Å²) in [5.41, 5.74) is 0.802. The van der Waals surface area contributed by atoms with Gasteiger partial charge in [0.05, 0.1) is 29.7 Å². The molecular weight excluding hydrogens is 336 g/mol. The van der Waals surface area contributed by atoms with E-state index in [1.165, 1.54) is 6.42 Å². The van der Waals surface area contributed by atoms with Crippen LogP contribution in [0.15, 0.2) is 34.2 Å². The minimum absolute atomic E-state index is 0.0353. The van der Waals surface area contributed by atoms with Gasteiger partial charge in [0.1, 0.15) is 0 Å². The molecule has 1 aromatic heterocycles. The highest BCUT2D eigenvalue weighted by atomic mass is 32.2.